The molecule has 4 heteroatoms. The van der Waals surface area contributed by atoms with Crippen LogP contribution in [-0.2, 0) is 0 Å². The van der Waals surface area contributed by atoms with Crippen LogP contribution in [0.25, 0.3) is 11.1 Å². The molecular formula is C23H19BrN2O. The van der Waals surface area contributed by atoms with Crippen LogP contribution >= 0.6 is 15.9 Å². The van der Waals surface area contributed by atoms with Crippen LogP contribution in [0, 0.1) is 36.5 Å². The lowest BCUT2D eigenvalue weighted by Crippen LogP contribution is -1.85. The van der Waals surface area contributed by atoms with Gasteiger partial charge in [0.15, 0.2) is 0 Å². The Bertz CT molecular complexity index is 1010. The van der Waals surface area contributed by atoms with Crippen molar-refractivity contribution in [1.82, 2.24) is 0 Å². The van der Waals surface area contributed by atoms with Crippen LogP contribution in [-0.4, -0.2) is 7.11 Å². The maximum atomic E-state index is 8.88. The number of aryl methyl sites for hydroxylation is 2. The number of ether oxygens (including phenoxy) is 1. The van der Waals surface area contributed by atoms with Crippen LogP contribution in [0.15, 0.2) is 65.1 Å². The van der Waals surface area contributed by atoms with Crippen LogP contribution in [0.3, 0.4) is 0 Å². The highest BCUT2D eigenvalue weighted by molar-refractivity contribution is 9.10. The van der Waals surface area contributed by atoms with Crippen molar-refractivity contribution < 1.29 is 4.74 Å². The summed E-state index contributed by atoms with van der Waals surface area (Å²) in [5.74, 6) is 0.846. The first kappa shape index (κ1) is 20.2. The minimum absolute atomic E-state index is 0.724. The van der Waals surface area contributed by atoms with Crippen molar-refractivity contribution in [3.63, 3.8) is 0 Å². The van der Waals surface area contributed by atoms with E-state index in [2.05, 4.69) is 28.1 Å². The molecule has 134 valence electrons. The van der Waals surface area contributed by atoms with E-state index in [1.54, 1.807) is 13.2 Å². The molecule has 3 aromatic rings. The molecule has 0 aromatic heterocycles. The van der Waals surface area contributed by atoms with Gasteiger partial charge in [0.2, 0.25) is 0 Å². The van der Waals surface area contributed by atoms with E-state index in [4.69, 9.17) is 15.3 Å². The van der Waals surface area contributed by atoms with Gasteiger partial charge in [0.05, 0.1) is 30.4 Å². The minimum atomic E-state index is 0.724. The van der Waals surface area contributed by atoms with Crippen LogP contribution in [0.1, 0.15) is 22.3 Å². The molecule has 0 aliphatic carbocycles. The standard InChI is InChI=1S/C15H13NO.C8H6BrN/c1-11-9-13(3-4-14(11)10-16)12-5-7-15(17-2)8-6-12;1-6-4-8(9)3-2-7(6)5-10/h3-9H,1-2H3;2-4H,1H3. The van der Waals surface area contributed by atoms with Gasteiger partial charge in [-0.1, -0.05) is 40.2 Å². The molecule has 0 aliphatic rings. The summed E-state index contributed by atoms with van der Waals surface area (Å²) >= 11 is 3.32. The summed E-state index contributed by atoms with van der Waals surface area (Å²) in [5.41, 5.74) is 5.71. The Morgan fingerprint density at radius 3 is 1.74 bits per heavy atom. The van der Waals surface area contributed by atoms with Crippen LogP contribution < -0.4 is 4.74 Å². The summed E-state index contributed by atoms with van der Waals surface area (Å²) in [6.45, 7) is 3.87. The van der Waals surface area contributed by atoms with Gasteiger partial charge in [-0.3, -0.25) is 0 Å². The molecule has 0 fully saturated rings. The smallest absolute Gasteiger partial charge is 0.118 e. The van der Waals surface area contributed by atoms with E-state index in [9.17, 15) is 0 Å². The van der Waals surface area contributed by atoms with Crippen molar-refractivity contribution in [3.8, 4) is 29.0 Å². The summed E-state index contributed by atoms with van der Waals surface area (Å²) in [4.78, 5) is 0. The average molecular weight is 419 g/mol. The first-order chi connectivity index (χ1) is 13.0. The zero-order chi connectivity index (χ0) is 19.8. The van der Waals surface area contributed by atoms with Gasteiger partial charge < -0.3 is 4.74 Å². The Balaban J connectivity index is 0.000000223. The highest BCUT2D eigenvalue weighted by atomic mass is 79.9. The lowest BCUT2D eigenvalue weighted by Gasteiger charge is -2.05. The maximum Gasteiger partial charge on any atom is 0.118 e. The molecule has 0 saturated carbocycles. The van der Waals surface area contributed by atoms with Gasteiger partial charge in [0, 0.05) is 4.47 Å². The Morgan fingerprint density at radius 1 is 0.741 bits per heavy atom. The molecule has 3 rings (SSSR count). The third kappa shape index (κ3) is 5.45. The monoisotopic (exact) mass is 418 g/mol. The van der Waals surface area contributed by atoms with Gasteiger partial charge in [-0.2, -0.15) is 10.5 Å². The molecule has 27 heavy (non-hydrogen) atoms. The van der Waals surface area contributed by atoms with E-state index in [0.717, 1.165) is 43.6 Å². The summed E-state index contributed by atoms with van der Waals surface area (Å²) in [5, 5.41) is 17.4. The Hall–Kier alpha value is -3.08. The highest BCUT2D eigenvalue weighted by Gasteiger charge is 2.02. The molecule has 0 bridgehead atoms. The molecule has 3 aromatic carbocycles. The summed E-state index contributed by atoms with van der Waals surface area (Å²) in [6.07, 6.45) is 0. The van der Waals surface area contributed by atoms with Crippen molar-refractivity contribution in [2.75, 3.05) is 7.11 Å². The number of hydrogen-bond donors (Lipinski definition) is 0. The fraction of sp³-hybridized carbons (Fsp3) is 0.130. The number of nitriles is 2. The second-order valence-electron chi connectivity index (χ2n) is 5.94. The van der Waals surface area contributed by atoms with Crippen molar-refractivity contribution in [2.45, 2.75) is 13.8 Å². The maximum absolute atomic E-state index is 8.88. The number of hydrogen-bond acceptors (Lipinski definition) is 3. The van der Waals surface area contributed by atoms with Crippen molar-refractivity contribution >= 4 is 15.9 Å². The summed E-state index contributed by atoms with van der Waals surface area (Å²) < 4.78 is 6.14. The Morgan fingerprint density at radius 2 is 1.26 bits per heavy atom. The second kappa shape index (κ2) is 9.57. The minimum Gasteiger partial charge on any atom is -0.497 e. The van der Waals surface area contributed by atoms with Crippen molar-refractivity contribution in [3.05, 3.63) is 87.4 Å². The fourth-order valence-corrected chi connectivity index (χ4v) is 2.98. The van der Waals surface area contributed by atoms with E-state index < -0.39 is 0 Å². The lowest BCUT2D eigenvalue weighted by atomic mass is 10.0. The van der Waals surface area contributed by atoms with Gasteiger partial charge in [-0.15, -0.1) is 0 Å². The third-order valence-corrected chi connectivity index (χ3v) is 4.57. The quantitative estimate of drug-likeness (QED) is 0.499. The lowest BCUT2D eigenvalue weighted by molar-refractivity contribution is 0.415. The normalized spacial score (nSPS) is 9.41. The number of methoxy groups -OCH3 is 1. The molecule has 0 amide bonds. The summed E-state index contributed by atoms with van der Waals surface area (Å²) in [6, 6.07) is 23.6. The van der Waals surface area contributed by atoms with Crippen LogP contribution in [0.4, 0.5) is 0 Å². The number of benzene rings is 3. The summed E-state index contributed by atoms with van der Waals surface area (Å²) in [7, 11) is 1.65. The molecule has 0 saturated heterocycles. The largest absolute Gasteiger partial charge is 0.497 e. The van der Waals surface area contributed by atoms with Gasteiger partial charge in [-0.25, -0.2) is 0 Å². The molecule has 0 radical (unpaired) electrons. The van der Waals surface area contributed by atoms with E-state index in [1.165, 1.54) is 0 Å². The predicted molar refractivity (Wildman–Crippen MR) is 111 cm³/mol. The average Bonchev–Trinajstić information content (AvgIpc) is 2.68. The Labute approximate surface area is 168 Å². The fourth-order valence-electron chi connectivity index (χ4n) is 2.50. The Kier molecular flexibility index (Phi) is 7.17. The van der Waals surface area contributed by atoms with Crippen LogP contribution in [0.2, 0.25) is 0 Å². The molecule has 0 unspecified atom stereocenters. The first-order valence-corrected chi connectivity index (χ1v) is 9.09. The second-order valence-corrected chi connectivity index (χ2v) is 6.86. The number of nitrogens with zero attached hydrogens (tertiary/aromatic N) is 2. The zero-order valence-corrected chi connectivity index (χ0v) is 17.0. The SMILES string of the molecule is COc1ccc(-c2ccc(C#N)c(C)c2)cc1.Cc1cc(Br)ccc1C#N. The van der Waals surface area contributed by atoms with Crippen molar-refractivity contribution in [2.24, 2.45) is 0 Å². The zero-order valence-electron chi connectivity index (χ0n) is 15.5. The molecule has 3 nitrogen and oxygen atoms in total. The number of rotatable bonds is 2. The molecular weight excluding hydrogens is 400 g/mol. The molecule has 0 aliphatic heterocycles. The molecule has 0 spiro atoms. The van der Waals surface area contributed by atoms with Gasteiger partial charge >= 0.3 is 0 Å². The highest BCUT2D eigenvalue weighted by Crippen LogP contribution is 2.24. The molecule has 0 N–H and O–H groups in total. The third-order valence-electron chi connectivity index (χ3n) is 4.08. The van der Waals surface area contributed by atoms with E-state index in [-0.39, 0.29) is 0 Å². The first-order valence-electron chi connectivity index (χ1n) is 8.30. The van der Waals surface area contributed by atoms with E-state index in [0.29, 0.717) is 0 Å². The van der Waals surface area contributed by atoms with Crippen molar-refractivity contribution in [1.29, 1.82) is 10.5 Å². The topological polar surface area (TPSA) is 56.8 Å². The number of halogens is 1. The van der Waals surface area contributed by atoms with Gasteiger partial charge in [-0.05, 0) is 72.5 Å². The predicted octanol–water partition coefficient (Wildman–Crippen LogP) is 6.17. The van der Waals surface area contributed by atoms with E-state index >= 15 is 0 Å². The van der Waals surface area contributed by atoms with E-state index in [1.807, 2.05) is 68.4 Å². The van der Waals surface area contributed by atoms with Gasteiger partial charge in [0.25, 0.3) is 0 Å². The van der Waals surface area contributed by atoms with Gasteiger partial charge in [0.1, 0.15) is 5.75 Å². The molecule has 0 atom stereocenters. The van der Waals surface area contributed by atoms with Crippen LogP contribution in [0.5, 0.6) is 5.75 Å². The molecule has 0 heterocycles.